The van der Waals surface area contributed by atoms with Gasteiger partial charge in [-0.05, 0) is 12.1 Å². The van der Waals surface area contributed by atoms with Crippen LogP contribution in [0.1, 0.15) is 18.2 Å². The molecule has 15 heteroatoms. The van der Waals surface area contributed by atoms with Gasteiger partial charge in [0.1, 0.15) is 28.4 Å². The van der Waals surface area contributed by atoms with Crippen LogP contribution in [0.5, 0.6) is 0 Å². The van der Waals surface area contributed by atoms with Gasteiger partial charge >= 0.3 is 18.0 Å². The summed E-state index contributed by atoms with van der Waals surface area (Å²) in [4.78, 5) is 20.4. The lowest BCUT2D eigenvalue weighted by molar-refractivity contribution is -0.143. The van der Waals surface area contributed by atoms with Gasteiger partial charge in [-0.2, -0.15) is 26.3 Å². The predicted octanol–water partition coefficient (Wildman–Crippen LogP) is 3.18. The number of alkyl halides is 6. The molecule has 4 heterocycles. The van der Waals surface area contributed by atoms with Crippen LogP contribution in [0.2, 0.25) is 0 Å². The molecule has 0 radical (unpaired) electrons. The molecule has 176 valence electrons. The van der Waals surface area contributed by atoms with E-state index in [0.29, 0.717) is 22.9 Å². The fourth-order valence-corrected chi connectivity index (χ4v) is 4.48. The summed E-state index contributed by atoms with van der Waals surface area (Å²) < 4.78 is 107. The summed E-state index contributed by atoms with van der Waals surface area (Å²) in [7, 11) is -3.29. The van der Waals surface area contributed by atoms with Gasteiger partial charge in [-0.15, -0.1) is 0 Å². The lowest BCUT2D eigenvalue weighted by Crippen LogP contribution is -2.29. The van der Waals surface area contributed by atoms with E-state index >= 15 is 0 Å². The Balaban J connectivity index is 2.07. The van der Waals surface area contributed by atoms with Gasteiger partial charge in [-0.25, -0.2) is 23.2 Å². The molecular weight excluding hydrogens is 480 g/mol. The molecular formula is C18H13F6N5O3S. The Kier molecular flexibility index (Phi) is 4.89. The van der Waals surface area contributed by atoms with E-state index < -0.39 is 61.3 Å². The highest BCUT2D eigenvalue weighted by atomic mass is 32.2. The quantitative estimate of drug-likeness (QED) is 0.409. The third-order valence-corrected chi connectivity index (χ3v) is 6.70. The minimum Gasteiger partial charge on any atom is -0.292 e. The Morgan fingerprint density at radius 2 is 1.61 bits per heavy atom. The van der Waals surface area contributed by atoms with Crippen LogP contribution in [0.4, 0.5) is 26.3 Å². The third kappa shape index (κ3) is 3.65. The summed E-state index contributed by atoms with van der Waals surface area (Å²) in [6.07, 6.45) is -8.09. The summed E-state index contributed by atoms with van der Waals surface area (Å²) in [5.41, 5.74) is -4.82. The molecule has 4 aromatic rings. The molecule has 4 rings (SSSR count). The molecule has 0 atom stereocenters. The largest absolute Gasteiger partial charge is 0.431 e. The highest BCUT2D eigenvalue weighted by Gasteiger charge is 2.36. The van der Waals surface area contributed by atoms with Crippen molar-refractivity contribution in [2.24, 2.45) is 7.05 Å². The third-order valence-electron chi connectivity index (χ3n) is 4.96. The van der Waals surface area contributed by atoms with Crippen LogP contribution in [0, 0.1) is 0 Å². The van der Waals surface area contributed by atoms with Crippen LogP contribution >= 0.6 is 0 Å². The van der Waals surface area contributed by atoms with E-state index in [1.165, 1.54) is 6.92 Å². The minimum absolute atomic E-state index is 0.161. The monoisotopic (exact) mass is 493 g/mol. The Morgan fingerprint density at radius 3 is 2.18 bits per heavy atom. The van der Waals surface area contributed by atoms with Crippen LogP contribution in [0.15, 0.2) is 40.4 Å². The molecule has 0 N–H and O–H groups in total. The maximum atomic E-state index is 13.2. The van der Waals surface area contributed by atoms with Gasteiger partial charge in [-0.3, -0.25) is 13.4 Å². The van der Waals surface area contributed by atoms with Crippen LogP contribution in [0.25, 0.3) is 22.7 Å². The zero-order chi connectivity index (χ0) is 24.5. The normalized spacial score (nSPS) is 13.3. The van der Waals surface area contributed by atoms with Crippen molar-refractivity contribution < 1.29 is 34.8 Å². The summed E-state index contributed by atoms with van der Waals surface area (Å²) in [5.74, 6) is -0.503. The van der Waals surface area contributed by atoms with Gasteiger partial charge < -0.3 is 0 Å². The average Bonchev–Trinajstić information content (AvgIpc) is 3.30. The number of rotatable bonds is 3. The molecule has 0 aliphatic carbocycles. The van der Waals surface area contributed by atoms with Crippen molar-refractivity contribution in [3.63, 3.8) is 0 Å². The number of imidazole rings is 2. The first-order chi connectivity index (χ1) is 15.1. The van der Waals surface area contributed by atoms with Crippen molar-refractivity contribution in [3.05, 3.63) is 52.3 Å². The molecule has 0 saturated heterocycles. The number of hydrogen-bond acceptors (Lipinski definition) is 5. The van der Waals surface area contributed by atoms with Gasteiger partial charge in [-0.1, -0.05) is 6.92 Å². The van der Waals surface area contributed by atoms with Crippen LogP contribution in [-0.4, -0.2) is 37.5 Å². The number of fused-ring (bicyclic) bond motifs is 2. The molecule has 0 amide bonds. The van der Waals surface area contributed by atoms with Gasteiger partial charge in [0.15, 0.2) is 14.9 Å². The SMILES string of the molecule is CCS(=O)(=O)c1c(-c2cn3c(=O)n(C)c(C(F)(F)F)cc3n2)nc2ccc(C(F)(F)F)cn12. The molecule has 0 unspecified atom stereocenters. The number of nitrogens with zero attached hydrogens (tertiary/aromatic N) is 5. The van der Waals surface area contributed by atoms with Gasteiger partial charge in [0.05, 0.1) is 11.3 Å². The van der Waals surface area contributed by atoms with Gasteiger partial charge in [0, 0.05) is 25.5 Å². The van der Waals surface area contributed by atoms with Gasteiger partial charge in [0.2, 0.25) is 0 Å². The molecule has 0 fully saturated rings. The fraction of sp³-hybridized carbons (Fsp3) is 0.278. The van der Waals surface area contributed by atoms with Gasteiger partial charge in [0.25, 0.3) is 0 Å². The zero-order valence-electron chi connectivity index (χ0n) is 16.7. The fourth-order valence-electron chi connectivity index (χ4n) is 3.31. The number of pyridine rings is 1. The Labute approximate surface area is 180 Å². The first kappa shape index (κ1) is 22.8. The molecule has 0 saturated carbocycles. The number of sulfone groups is 1. The summed E-state index contributed by atoms with van der Waals surface area (Å²) in [5, 5.41) is -0.623. The van der Waals surface area contributed by atoms with E-state index in [1.807, 2.05) is 0 Å². The van der Waals surface area contributed by atoms with E-state index in [4.69, 9.17) is 0 Å². The minimum atomic E-state index is -4.87. The van der Waals surface area contributed by atoms with Crippen molar-refractivity contribution in [3.8, 4) is 11.4 Å². The second-order valence-corrected chi connectivity index (χ2v) is 9.23. The lowest BCUT2D eigenvalue weighted by Gasteiger charge is -2.11. The molecule has 0 aliphatic heterocycles. The number of aromatic nitrogens is 5. The standard InChI is InChI=1S/C18H13F6N5O3S/c1-3-33(31,32)15-14(26-12-5-4-9(7-28(12)15)17(19,20)21)10-8-29-13(25-10)6-11(18(22,23)24)27(2)16(29)30/h4-8H,3H2,1-2H3. The number of halogens is 6. The second kappa shape index (κ2) is 7.07. The molecule has 4 aromatic heterocycles. The molecule has 0 aromatic carbocycles. The Morgan fingerprint density at radius 1 is 0.939 bits per heavy atom. The van der Waals surface area contributed by atoms with Crippen LogP contribution in [0.3, 0.4) is 0 Å². The van der Waals surface area contributed by atoms with Crippen LogP contribution in [-0.2, 0) is 29.2 Å². The highest BCUT2D eigenvalue weighted by Crippen LogP contribution is 2.34. The van der Waals surface area contributed by atoms with Crippen molar-refractivity contribution in [1.82, 2.24) is 23.3 Å². The van der Waals surface area contributed by atoms with E-state index in [1.54, 1.807) is 0 Å². The van der Waals surface area contributed by atoms with Crippen molar-refractivity contribution in [2.45, 2.75) is 24.3 Å². The Hall–Kier alpha value is -3.36. The molecule has 0 bridgehead atoms. The van der Waals surface area contributed by atoms with E-state index in [9.17, 15) is 39.6 Å². The van der Waals surface area contributed by atoms with Crippen molar-refractivity contribution >= 4 is 21.1 Å². The average molecular weight is 493 g/mol. The Bertz CT molecular complexity index is 1580. The van der Waals surface area contributed by atoms with E-state index in [-0.39, 0.29) is 11.3 Å². The first-order valence-corrected chi connectivity index (χ1v) is 10.8. The van der Waals surface area contributed by atoms with E-state index in [2.05, 4.69) is 9.97 Å². The van der Waals surface area contributed by atoms with Crippen molar-refractivity contribution in [1.29, 1.82) is 0 Å². The maximum Gasteiger partial charge on any atom is 0.431 e. The number of hydrogen-bond donors (Lipinski definition) is 0. The second-order valence-electron chi connectivity index (χ2n) is 7.04. The summed E-state index contributed by atoms with van der Waals surface area (Å²) in [6.45, 7) is 1.27. The van der Waals surface area contributed by atoms with E-state index in [0.717, 1.165) is 28.1 Å². The topological polar surface area (TPSA) is 90.7 Å². The molecule has 33 heavy (non-hydrogen) atoms. The maximum absolute atomic E-state index is 13.2. The zero-order valence-corrected chi connectivity index (χ0v) is 17.5. The predicted molar refractivity (Wildman–Crippen MR) is 102 cm³/mol. The highest BCUT2D eigenvalue weighted by molar-refractivity contribution is 7.91. The molecule has 0 aliphatic rings. The van der Waals surface area contributed by atoms with Crippen molar-refractivity contribution in [2.75, 3.05) is 5.75 Å². The molecule has 8 nitrogen and oxygen atoms in total. The first-order valence-electron chi connectivity index (χ1n) is 9.14. The smallest absolute Gasteiger partial charge is 0.292 e. The summed E-state index contributed by atoms with van der Waals surface area (Å²) in [6, 6.07) is 2.26. The van der Waals surface area contributed by atoms with Crippen LogP contribution < -0.4 is 5.69 Å². The lowest BCUT2D eigenvalue weighted by atomic mass is 10.3. The molecule has 0 spiro atoms. The summed E-state index contributed by atoms with van der Waals surface area (Å²) >= 11 is 0.